The van der Waals surface area contributed by atoms with Crippen LogP contribution in [0, 0.1) is 5.92 Å². The molecule has 2 rings (SSSR count). The quantitative estimate of drug-likeness (QED) is 0.670. The van der Waals surface area contributed by atoms with Crippen LogP contribution in [0.5, 0.6) is 0 Å². The van der Waals surface area contributed by atoms with E-state index >= 15 is 0 Å². The predicted molar refractivity (Wildman–Crippen MR) is 53.0 cm³/mol. The number of carbonyl (C=O) groups is 1. The Balaban J connectivity index is 1.85. The third-order valence-corrected chi connectivity index (χ3v) is 3.22. The lowest BCUT2D eigenvalue weighted by molar-refractivity contribution is -0.139. The Hall–Kier alpha value is -0.610. The van der Waals surface area contributed by atoms with Gasteiger partial charge in [0.25, 0.3) is 0 Å². The van der Waals surface area contributed by atoms with Gasteiger partial charge in [0.1, 0.15) is 0 Å². The first kappa shape index (κ1) is 9.93. The van der Waals surface area contributed by atoms with Crippen LogP contribution in [-0.4, -0.2) is 50.2 Å². The topological polar surface area (TPSA) is 41.6 Å². The van der Waals surface area contributed by atoms with E-state index in [2.05, 4.69) is 5.32 Å². The van der Waals surface area contributed by atoms with Gasteiger partial charge in [-0.05, 0) is 12.8 Å². The smallest absolute Gasteiger partial charge is 0.228 e. The molecule has 2 aliphatic rings. The van der Waals surface area contributed by atoms with Gasteiger partial charge < -0.3 is 15.0 Å². The average molecular weight is 198 g/mol. The van der Waals surface area contributed by atoms with E-state index in [1.54, 1.807) is 0 Å². The first-order chi connectivity index (χ1) is 6.79. The summed E-state index contributed by atoms with van der Waals surface area (Å²) in [5, 5.41) is 3.13. The Morgan fingerprint density at radius 2 is 2.00 bits per heavy atom. The monoisotopic (exact) mass is 198 g/mol. The van der Waals surface area contributed by atoms with Crippen molar-refractivity contribution in [2.24, 2.45) is 5.92 Å². The highest BCUT2D eigenvalue weighted by atomic mass is 16.5. The molecular formula is C10H18N2O2. The lowest BCUT2D eigenvalue weighted by atomic mass is 9.99. The van der Waals surface area contributed by atoms with Crippen molar-refractivity contribution < 1.29 is 9.53 Å². The van der Waals surface area contributed by atoms with E-state index in [1.807, 2.05) is 11.9 Å². The number of carbonyl (C=O) groups excluding carboxylic acids is 1. The fraction of sp³-hybridized carbons (Fsp3) is 0.900. The molecule has 0 aromatic heterocycles. The second kappa shape index (κ2) is 4.28. The molecule has 2 heterocycles. The largest absolute Gasteiger partial charge is 0.381 e. The van der Waals surface area contributed by atoms with Crippen molar-refractivity contribution in [1.29, 1.82) is 0 Å². The van der Waals surface area contributed by atoms with Crippen molar-refractivity contribution in [3.8, 4) is 0 Å². The van der Waals surface area contributed by atoms with E-state index in [0.717, 1.165) is 39.1 Å². The van der Waals surface area contributed by atoms with Crippen molar-refractivity contribution in [1.82, 2.24) is 10.2 Å². The molecule has 0 aromatic carbocycles. The standard InChI is InChI=1S/C10H18N2O2/c1-12(9-2-4-14-5-3-9)10(13)8-6-11-7-8/h8-9,11H,2-7H2,1H3. The molecule has 0 saturated carbocycles. The van der Waals surface area contributed by atoms with E-state index in [9.17, 15) is 4.79 Å². The number of hydrogen-bond donors (Lipinski definition) is 1. The summed E-state index contributed by atoms with van der Waals surface area (Å²) in [4.78, 5) is 13.8. The van der Waals surface area contributed by atoms with Crippen LogP contribution in [-0.2, 0) is 9.53 Å². The summed E-state index contributed by atoms with van der Waals surface area (Å²) < 4.78 is 5.28. The van der Waals surface area contributed by atoms with Crippen molar-refractivity contribution >= 4 is 5.91 Å². The molecule has 0 unspecified atom stereocenters. The Kier molecular flexibility index (Phi) is 3.03. The Labute approximate surface area is 84.6 Å². The molecule has 14 heavy (non-hydrogen) atoms. The van der Waals surface area contributed by atoms with Gasteiger partial charge in [-0.2, -0.15) is 0 Å². The Morgan fingerprint density at radius 3 is 2.50 bits per heavy atom. The molecule has 0 spiro atoms. The molecule has 0 aliphatic carbocycles. The number of amides is 1. The van der Waals surface area contributed by atoms with Crippen molar-refractivity contribution in [3.05, 3.63) is 0 Å². The maximum atomic E-state index is 11.9. The predicted octanol–water partition coefficient (Wildman–Crippen LogP) is -0.157. The molecular weight excluding hydrogens is 180 g/mol. The fourth-order valence-electron chi connectivity index (χ4n) is 2.00. The zero-order chi connectivity index (χ0) is 9.97. The maximum absolute atomic E-state index is 11.9. The molecule has 4 nitrogen and oxygen atoms in total. The SMILES string of the molecule is CN(C(=O)C1CNC1)C1CCOCC1. The Morgan fingerprint density at radius 1 is 1.36 bits per heavy atom. The van der Waals surface area contributed by atoms with E-state index in [4.69, 9.17) is 4.74 Å². The van der Waals surface area contributed by atoms with Crippen LogP contribution in [0.1, 0.15) is 12.8 Å². The summed E-state index contributed by atoms with van der Waals surface area (Å²) in [6, 6.07) is 0.400. The summed E-state index contributed by atoms with van der Waals surface area (Å²) in [5.41, 5.74) is 0. The van der Waals surface area contributed by atoms with E-state index in [-0.39, 0.29) is 5.92 Å². The molecule has 2 fully saturated rings. The average Bonchev–Trinajstić information content (AvgIpc) is 2.15. The van der Waals surface area contributed by atoms with Crippen LogP contribution in [0.2, 0.25) is 0 Å². The first-order valence-corrected chi connectivity index (χ1v) is 5.34. The minimum Gasteiger partial charge on any atom is -0.381 e. The van der Waals surface area contributed by atoms with Crippen molar-refractivity contribution in [3.63, 3.8) is 0 Å². The fourth-order valence-corrected chi connectivity index (χ4v) is 2.00. The minimum atomic E-state index is 0.225. The zero-order valence-corrected chi connectivity index (χ0v) is 8.66. The molecule has 2 saturated heterocycles. The van der Waals surface area contributed by atoms with Gasteiger partial charge in [0.15, 0.2) is 0 Å². The van der Waals surface area contributed by atoms with Gasteiger partial charge in [-0.15, -0.1) is 0 Å². The highest BCUT2D eigenvalue weighted by molar-refractivity contribution is 5.80. The van der Waals surface area contributed by atoms with Crippen LogP contribution in [0.3, 0.4) is 0 Å². The zero-order valence-electron chi connectivity index (χ0n) is 8.66. The van der Waals surface area contributed by atoms with E-state index < -0.39 is 0 Å². The van der Waals surface area contributed by atoms with Crippen LogP contribution >= 0.6 is 0 Å². The van der Waals surface area contributed by atoms with Crippen LogP contribution in [0.4, 0.5) is 0 Å². The second-order valence-electron chi connectivity index (χ2n) is 4.15. The van der Waals surface area contributed by atoms with Crippen LogP contribution in [0.25, 0.3) is 0 Å². The lowest BCUT2D eigenvalue weighted by Gasteiger charge is -2.36. The Bertz CT molecular complexity index is 210. The van der Waals surface area contributed by atoms with Gasteiger partial charge in [-0.3, -0.25) is 4.79 Å². The lowest BCUT2D eigenvalue weighted by Crippen LogP contribution is -2.53. The molecule has 4 heteroatoms. The molecule has 0 radical (unpaired) electrons. The third-order valence-electron chi connectivity index (χ3n) is 3.22. The molecule has 0 bridgehead atoms. The summed E-state index contributed by atoms with van der Waals surface area (Å²) >= 11 is 0. The number of nitrogens with one attached hydrogen (secondary N) is 1. The summed E-state index contributed by atoms with van der Waals surface area (Å²) in [7, 11) is 1.93. The summed E-state index contributed by atoms with van der Waals surface area (Å²) in [6.45, 7) is 3.30. The molecule has 1 N–H and O–H groups in total. The van der Waals surface area contributed by atoms with Gasteiger partial charge in [0, 0.05) is 39.4 Å². The number of hydrogen-bond acceptors (Lipinski definition) is 3. The normalized spacial score (nSPS) is 24.4. The first-order valence-electron chi connectivity index (χ1n) is 5.34. The van der Waals surface area contributed by atoms with Gasteiger partial charge in [0.05, 0.1) is 5.92 Å². The molecule has 0 atom stereocenters. The van der Waals surface area contributed by atoms with E-state index in [1.165, 1.54) is 0 Å². The van der Waals surface area contributed by atoms with Gasteiger partial charge in [-0.1, -0.05) is 0 Å². The van der Waals surface area contributed by atoms with Gasteiger partial charge in [0.2, 0.25) is 5.91 Å². The molecule has 2 aliphatic heterocycles. The third kappa shape index (κ3) is 1.91. The molecule has 1 amide bonds. The number of rotatable bonds is 2. The number of nitrogens with zero attached hydrogens (tertiary/aromatic N) is 1. The minimum absolute atomic E-state index is 0.225. The number of ether oxygens (including phenoxy) is 1. The van der Waals surface area contributed by atoms with E-state index in [0.29, 0.717) is 11.9 Å². The highest BCUT2D eigenvalue weighted by Crippen LogP contribution is 2.16. The van der Waals surface area contributed by atoms with Crippen molar-refractivity contribution in [2.45, 2.75) is 18.9 Å². The van der Waals surface area contributed by atoms with Crippen molar-refractivity contribution in [2.75, 3.05) is 33.4 Å². The molecule has 80 valence electrons. The second-order valence-corrected chi connectivity index (χ2v) is 4.15. The van der Waals surface area contributed by atoms with Gasteiger partial charge >= 0.3 is 0 Å². The highest BCUT2D eigenvalue weighted by Gasteiger charge is 2.31. The molecule has 0 aromatic rings. The summed E-state index contributed by atoms with van der Waals surface area (Å²) in [6.07, 6.45) is 1.98. The van der Waals surface area contributed by atoms with Gasteiger partial charge in [-0.25, -0.2) is 0 Å². The maximum Gasteiger partial charge on any atom is 0.228 e. The summed E-state index contributed by atoms with van der Waals surface area (Å²) in [5.74, 6) is 0.526. The van der Waals surface area contributed by atoms with Crippen LogP contribution in [0.15, 0.2) is 0 Å². The van der Waals surface area contributed by atoms with Crippen LogP contribution < -0.4 is 5.32 Å².